The lowest BCUT2D eigenvalue weighted by molar-refractivity contribution is -0.150. The number of esters is 1. The summed E-state index contributed by atoms with van der Waals surface area (Å²) in [6.45, 7) is -0.126. The molecule has 19 heavy (non-hydrogen) atoms. The van der Waals surface area contributed by atoms with E-state index in [1.54, 1.807) is 0 Å². The molecule has 0 saturated heterocycles. The van der Waals surface area contributed by atoms with Gasteiger partial charge in [0.05, 0.1) is 18.9 Å². The van der Waals surface area contributed by atoms with Crippen LogP contribution in [0, 0.1) is 0 Å². The molecule has 6 heteroatoms. The molecule has 1 aromatic carbocycles. The Morgan fingerprint density at radius 1 is 1.53 bits per heavy atom. The van der Waals surface area contributed by atoms with Crippen LogP contribution in [-0.4, -0.2) is 42.0 Å². The van der Waals surface area contributed by atoms with Crippen LogP contribution in [0.4, 0.5) is 0 Å². The van der Waals surface area contributed by atoms with E-state index in [4.69, 9.17) is 0 Å². The molecular formula is C13H15NO4S. The standard InChI is InChI=1S/C13H15NO4S/c1-18-13(17)9(15)7-14-12(16)11-6-8-4-2-3-5-10(8)19-11/h2-5,9,11,15H,6-7H2,1H3,(H,14,16). The third-order valence-corrected chi connectivity index (χ3v) is 4.20. The maximum Gasteiger partial charge on any atom is 0.336 e. The molecule has 1 aliphatic rings. The van der Waals surface area contributed by atoms with E-state index in [1.807, 2.05) is 24.3 Å². The van der Waals surface area contributed by atoms with Crippen LogP contribution in [0.3, 0.4) is 0 Å². The van der Waals surface area contributed by atoms with Crippen LogP contribution in [-0.2, 0) is 20.7 Å². The predicted molar refractivity (Wildman–Crippen MR) is 70.8 cm³/mol. The number of aliphatic hydroxyl groups is 1. The summed E-state index contributed by atoms with van der Waals surface area (Å²) in [7, 11) is 1.19. The van der Waals surface area contributed by atoms with Crippen molar-refractivity contribution in [1.82, 2.24) is 5.32 Å². The monoisotopic (exact) mass is 281 g/mol. The van der Waals surface area contributed by atoms with Crippen LogP contribution in [0.15, 0.2) is 29.2 Å². The molecule has 1 aliphatic heterocycles. The van der Waals surface area contributed by atoms with Crippen molar-refractivity contribution in [3.63, 3.8) is 0 Å². The van der Waals surface area contributed by atoms with E-state index in [9.17, 15) is 14.7 Å². The van der Waals surface area contributed by atoms with E-state index >= 15 is 0 Å². The van der Waals surface area contributed by atoms with E-state index in [0.29, 0.717) is 6.42 Å². The number of ether oxygens (including phenoxy) is 1. The Bertz CT molecular complexity index is 466. The topological polar surface area (TPSA) is 75.6 Å². The summed E-state index contributed by atoms with van der Waals surface area (Å²) in [4.78, 5) is 24.0. The van der Waals surface area contributed by atoms with Gasteiger partial charge in [-0.05, 0) is 18.1 Å². The minimum atomic E-state index is -1.32. The van der Waals surface area contributed by atoms with Crippen molar-refractivity contribution in [1.29, 1.82) is 0 Å². The van der Waals surface area contributed by atoms with Gasteiger partial charge in [0, 0.05) is 4.90 Å². The van der Waals surface area contributed by atoms with Crippen molar-refractivity contribution in [2.75, 3.05) is 13.7 Å². The zero-order valence-electron chi connectivity index (χ0n) is 10.5. The summed E-state index contributed by atoms with van der Waals surface area (Å²) >= 11 is 1.50. The number of nitrogens with one attached hydrogen (secondary N) is 1. The fourth-order valence-corrected chi connectivity index (χ4v) is 3.08. The van der Waals surface area contributed by atoms with Crippen molar-refractivity contribution in [2.24, 2.45) is 0 Å². The zero-order chi connectivity index (χ0) is 13.8. The van der Waals surface area contributed by atoms with Gasteiger partial charge in [-0.25, -0.2) is 4.79 Å². The summed E-state index contributed by atoms with van der Waals surface area (Å²) < 4.78 is 4.38. The zero-order valence-corrected chi connectivity index (χ0v) is 11.3. The van der Waals surface area contributed by atoms with Crippen LogP contribution in [0.2, 0.25) is 0 Å². The Labute approximate surface area is 115 Å². The van der Waals surface area contributed by atoms with Gasteiger partial charge in [-0.15, -0.1) is 11.8 Å². The third kappa shape index (κ3) is 3.27. The van der Waals surface area contributed by atoms with E-state index in [0.717, 1.165) is 10.5 Å². The second-order valence-electron chi connectivity index (χ2n) is 4.20. The first-order chi connectivity index (χ1) is 9.11. The number of carbonyl (C=O) groups excluding carboxylic acids is 2. The van der Waals surface area contributed by atoms with Crippen molar-refractivity contribution >= 4 is 23.6 Å². The lowest BCUT2D eigenvalue weighted by atomic mass is 10.1. The van der Waals surface area contributed by atoms with Gasteiger partial charge in [0.1, 0.15) is 0 Å². The summed E-state index contributed by atoms with van der Waals surface area (Å²) in [5.74, 6) is -0.924. The highest BCUT2D eigenvalue weighted by Crippen LogP contribution is 2.36. The summed E-state index contributed by atoms with van der Waals surface area (Å²) in [6, 6.07) is 7.86. The summed E-state index contributed by atoms with van der Waals surface area (Å²) in [5.41, 5.74) is 1.15. The largest absolute Gasteiger partial charge is 0.467 e. The van der Waals surface area contributed by atoms with Crippen LogP contribution in [0.25, 0.3) is 0 Å². The second-order valence-corrected chi connectivity index (χ2v) is 5.45. The van der Waals surface area contributed by atoms with Crippen LogP contribution < -0.4 is 5.32 Å². The number of thioether (sulfide) groups is 1. The number of aliphatic hydroxyl groups excluding tert-OH is 1. The molecule has 0 spiro atoms. The molecule has 102 valence electrons. The molecule has 2 unspecified atom stereocenters. The molecule has 1 amide bonds. The van der Waals surface area contributed by atoms with Gasteiger partial charge in [-0.3, -0.25) is 4.79 Å². The van der Waals surface area contributed by atoms with E-state index in [2.05, 4.69) is 10.1 Å². The van der Waals surface area contributed by atoms with Crippen molar-refractivity contribution in [3.8, 4) is 0 Å². The highest BCUT2D eigenvalue weighted by molar-refractivity contribution is 8.01. The van der Waals surface area contributed by atoms with Crippen LogP contribution >= 0.6 is 11.8 Å². The third-order valence-electron chi connectivity index (χ3n) is 2.88. The second kappa shape index (κ2) is 6.08. The number of hydrogen-bond acceptors (Lipinski definition) is 5. The Kier molecular flexibility index (Phi) is 4.44. The highest BCUT2D eigenvalue weighted by atomic mass is 32.2. The lowest BCUT2D eigenvalue weighted by Gasteiger charge is -2.12. The van der Waals surface area contributed by atoms with E-state index < -0.39 is 12.1 Å². The molecule has 0 saturated carbocycles. The van der Waals surface area contributed by atoms with Gasteiger partial charge in [-0.1, -0.05) is 18.2 Å². The lowest BCUT2D eigenvalue weighted by Crippen LogP contribution is -2.40. The molecule has 5 nitrogen and oxygen atoms in total. The Balaban J connectivity index is 1.85. The van der Waals surface area contributed by atoms with E-state index in [1.165, 1.54) is 18.9 Å². The van der Waals surface area contributed by atoms with Crippen LogP contribution in [0.5, 0.6) is 0 Å². The molecule has 1 heterocycles. The molecule has 2 N–H and O–H groups in total. The Hall–Kier alpha value is -1.53. The fourth-order valence-electron chi connectivity index (χ4n) is 1.86. The number of rotatable bonds is 4. The molecule has 0 fully saturated rings. The van der Waals surface area contributed by atoms with Gasteiger partial charge in [0.2, 0.25) is 5.91 Å². The molecule has 2 atom stereocenters. The van der Waals surface area contributed by atoms with Crippen molar-refractivity contribution < 1.29 is 19.4 Å². The molecule has 2 rings (SSSR count). The highest BCUT2D eigenvalue weighted by Gasteiger charge is 2.28. The maximum atomic E-state index is 11.9. The van der Waals surface area contributed by atoms with Gasteiger partial charge in [0.15, 0.2) is 6.10 Å². The first kappa shape index (κ1) is 13.9. The fraction of sp³-hybridized carbons (Fsp3) is 0.385. The minimum absolute atomic E-state index is 0.126. The number of carbonyl (C=O) groups is 2. The molecule has 0 radical (unpaired) electrons. The molecular weight excluding hydrogens is 266 g/mol. The van der Waals surface area contributed by atoms with E-state index in [-0.39, 0.29) is 17.7 Å². The number of methoxy groups -OCH3 is 1. The summed E-state index contributed by atoms with van der Waals surface area (Å²) in [6.07, 6.45) is -0.649. The van der Waals surface area contributed by atoms with Gasteiger partial charge in [0.25, 0.3) is 0 Å². The number of fused-ring (bicyclic) bond motifs is 1. The minimum Gasteiger partial charge on any atom is -0.467 e. The Morgan fingerprint density at radius 2 is 2.26 bits per heavy atom. The van der Waals surface area contributed by atoms with Crippen LogP contribution in [0.1, 0.15) is 5.56 Å². The number of amides is 1. The van der Waals surface area contributed by atoms with Gasteiger partial charge in [-0.2, -0.15) is 0 Å². The van der Waals surface area contributed by atoms with Crippen molar-refractivity contribution in [3.05, 3.63) is 29.8 Å². The molecule has 0 aromatic heterocycles. The first-order valence-electron chi connectivity index (χ1n) is 5.90. The first-order valence-corrected chi connectivity index (χ1v) is 6.78. The number of hydrogen-bond donors (Lipinski definition) is 2. The van der Waals surface area contributed by atoms with Gasteiger partial charge >= 0.3 is 5.97 Å². The molecule has 0 bridgehead atoms. The molecule has 0 aliphatic carbocycles. The van der Waals surface area contributed by atoms with Gasteiger partial charge < -0.3 is 15.2 Å². The SMILES string of the molecule is COC(=O)C(O)CNC(=O)C1Cc2ccccc2S1. The Morgan fingerprint density at radius 3 is 2.95 bits per heavy atom. The molecule has 1 aromatic rings. The average Bonchev–Trinajstić information content (AvgIpc) is 2.87. The average molecular weight is 281 g/mol. The maximum absolute atomic E-state index is 11.9. The van der Waals surface area contributed by atoms with Crippen molar-refractivity contribution in [2.45, 2.75) is 22.7 Å². The quantitative estimate of drug-likeness (QED) is 0.779. The summed E-state index contributed by atoms with van der Waals surface area (Å²) in [5, 5.41) is 11.7. The smallest absolute Gasteiger partial charge is 0.336 e. The number of benzene rings is 1. The predicted octanol–water partition coefficient (Wildman–Crippen LogP) is 0.354. The normalized spacial score (nSPS) is 18.5.